The van der Waals surface area contributed by atoms with Gasteiger partial charge in [0.2, 0.25) is 0 Å². The first-order chi connectivity index (χ1) is 8.24. The molecule has 0 unspecified atom stereocenters. The van der Waals surface area contributed by atoms with Crippen LogP contribution in [0.5, 0.6) is 0 Å². The number of rotatable bonds is 2. The fourth-order valence-corrected chi connectivity index (χ4v) is 2.20. The van der Waals surface area contributed by atoms with Crippen LogP contribution in [0.15, 0.2) is 11.9 Å². The van der Waals surface area contributed by atoms with Crippen molar-refractivity contribution in [3.05, 3.63) is 11.9 Å². The van der Waals surface area contributed by atoms with E-state index < -0.39 is 0 Å². The molecule has 0 atom stereocenters. The van der Waals surface area contributed by atoms with Crippen LogP contribution in [-0.2, 0) is 14.0 Å². The molecule has 102 valence electrons. The van der Waals surface area contributed by atoms with Crippen LogP contribution in [0.2, 0.25) is 0 Å². The third kappa shape index (κ3) is 2.26. The molecule has 0 radical (unpaired) electrons. The molecular weight excluding hydrogens is 229 g/mol. The molecule has 5 heteroatoms. The Hall–Kier alpha value is -0.675. The van der Waals surface area contributed by atoms with Gasteiger partial charge in [0.25, 0.3) is 0 Å². The molecule has 2 aliphatic heterocycles. The van der Waals surface area contributed by atoms with Gasteiger partial charge in [-0.25, -0.2) is 0 Å². The van der Waals surface area contributed by atoms with Crippen molar-refractivity contribution in [2.45, 2.75) is 58.8 Å². The molecule has 2 heterocycles. The van der Waals surface area contributed by atoms with Crippen molar-refractivity contribution in [2.24, 2.45) is 0 Å². The van der Waals surface area contributed by atoms with Crippen molar-refractivity contribution >= 4 is 7.12 Å². The zero-order valence-corrected chi connectivity index (χ0v) is 12.3. The Morgan fingerprint density at radius 1 is 1.17 bits per heavy atom. The average Bonchev–Trinajstić information content (AvgIpc) is 2.48. The smallest absolute Gasteiger partial charge is 0.498 e. The summed E-state index contributed by atoms with van der Waals surface area (Å²) in [5.41, 5.74) is 0.381. The normalized spacial score (nSPS) is 26.3. The van der Waals surface area contributed by atoms with Crippen molar-refractivity contribution in [3.63, 3.8) is 0 Å². The van der Waals surface area contributed by atoms with Crippen LogP contribution in [0, 0.1) is 0 Å². The molecule has 2 rings (SSSR count). The highest BCUT2D eigenvalue weighted by atomic mass is 16.7. The summed E-state index contributed by atoms with van der Waals surface area (Å²) >= 11 is 0. The van der Waals surface area contributed by atoms with E-state index in [1.165, 1.54) is 0 Å². The molecule has 0 amide bonds. The van der Waals surface area contributed by atoms with Crippen LogP contribution in [-0.4, -0.2) is 42.4 Å². The summed E-state index contributed by atoms with van der Waals surface area (Å²) in [5, 5.41) is 0. The van der Waals surface area contributed by atoms with Crippen molar-refractivity contribution in [1.82, 2.24) is 4.90 Å². The third-order valence-corrected chi connectivity index (χ3v) is 4.10. The van der Waals surface area contributed by atoms with Gasteiger partial charge in [0.15, 0.2) is 0 Å². The van der Waals surface area contributed by atoms with Gasteiger partial charge >= 0.3 is 7.12 Å². The van der Waals surface area contributed by atoms with Crippen molar-refractivity contribution in [2.75, 3.05) is 13.2 Å². The molecule has 0 aromatic carbocycles. The first-order valence-corrected chi connectivity index (χ1v) is 6.68. The predicted molar refractivity (Wildman–Crippen MR) is 72.0 cm³/mol. The summed E-state index contributed by atoms with van der Waals surface area (Å²) in [5.74, 6) is 0. The summed E-state index contributed by atoms with van der Waals surface area (Å²) in [6.45, 7) is 14.2. The lowest BCUT2D eigenvalue weighted by Crippen LogP contribution is -2.43. The minimum absolute atomic E-state index is 0.307. The molecule has 0 bridgehead atoms. The highest BCUT2D eigenvalue weighted by Gasteiger charge is 2.54. The average molecular weight is 253 g/mol. The molecular formula is C13H24BNO3. The highest BCUT2D eigenvalue weighted by molar-refractivity contribution is 6.54. The van der Waals surface area contributed by atoms with E-state index in [-0.39, 0.29) is 18.3 Å². The Bertz CT molecular complexity index is 336. The highest BCUT2D eigenvalue weighted by Crippen LogP contribution is 2.39. The van der Waals surface area contributed by atoms with Gasteiger partial charge in [0.1, 0.15) is 6.61 Å². The van der Waals surface area contributed by atoms with Gasteiger partial charge in [0, 0.05) is 6.04 Å². The topological polar surface area (TPSA) is 30.9 Å². The van der Waals surface area contributed by atoms with Gasteiger partial charge in [-0.1, -0.05) is 0 Å². The maximum absolute atomic E-state index is 6.07. The van der Waals surface area contributed by atoms with E-state index in [0.29, 0.717) is 6.04 Å². The minimum atomic E-state index is -0.335. The molecule has 0 aliphatic carbocycles. The maximum atomic E-state index is 6.07. The summed E-state index contributed by atoms with van der Waals surface area (Å²) in [6.07, 6.45) is 1.78. The van der Waals surface area contributed by atoms with Crippen LogP contribution < -0.4 is 0 Å². The molecule has 4 nitrogen and oxygen atoms in total. The van der Waals surface area contributed by atoms with Gasteiger partial charge in [-0.15, -0.1) is 0 Å². The largest absolute Gasteiger partial charge is 0.515 e. The second kappa shape index (κ2) is 4.46. The molecule has 0 aromatic heterocycles. The zero-order chi connectivity index (χ0) is 13.6. The maximum Gasteiger partial charge on any atom is 0.515 e. The number of nitrogens with zero attached hydrogens (tertiary/aromatic N) is 1. The van der Waals surface area contributed by atoms with Gasteiger partial charge in [-0.2, -0.15) is 0 Å². The van der Waals surface area contributed by atoms with E-state index in [0.717, 1.165) is 18.7 Å². The predicted octanol–water partition coefficient (Wildman–Crippen LogP) is 2.20. The fraction of sp³-hybridized carbons (Fsp3) is 0.846. The fourth-order valence-electron chi connectivity index (χ4n) is 2.20. The van der Waals surface area contributed by atoms with Crippen LogP contribution in [0.4, 0.5) is 0 Å². The Labute approximate surface area is 110 Å². The zero-order valence-electron chi connectivity index (χ0n) is 12.3. The molecule has 2 aliphatic rings. The van der Waals surface area contributed by atoms with Crippen LogP contribution in [0.25, 0.3) is 0 Å². The van der Waals surface area contributed by atoms with Crippen LogP contribution in [0.3, 0.4) is 0 Å². The number of hydrogen-bond donors (Lipinski definition) is 0. The summed E-state index contributed by atoms with van der Waals surface area (Å²) in [7, 11) is -0.335. The third-order valence-electron chi connectivity index (χ3n) is 4.10. The summed E-state index contributed by atoms with van der Waals surface area (Å²) in [4.78, 5) is 2.28. The molecule has 1 fully saturated rings. The van der Waals surface area contributed by atoms with Crippen molar-refractivity contribution < 1.29 is 14.0 Å². The monoisotopic (exact) mass is 253 g/mol. The Balaban J connectivity index is 2.20. The Morgan fingerprint density at radius 3 is 2.22 bits per heavy atom. The number of hydrogen-bond acceptors (Lipinski definition) is 4. The van der Waals surface area contributed by atoms with Crippen molar-refractivity contribution in [3.8, 4) is 0 Å². The Morgan fingerprint density at radius 2 is 1.72 bits per heavy atom. The molecule has 18 heavy (non-hydrogen) atoms. The lowest BCUT2D eigenvalue weighted by Gasteiger charge is -2.34. The minimum Gasteiger partial charge on any atom is -0.498 e. The van der Waals surface area contributed by atoms with E-state index in [1.54, 1.807) is 6.26 Å². The molecule has 0 saturated carbocycles. The SMILES string of the molecule is CC(C)N1CCOC=C1B1OC(C)(C)C(C)(C)O1. The molecule has 0 spiro atoms. The first-order valence-electron chi connectivity index (χ1n) is 6.68. The van der Waals surface area contributed by atoms with E-state index >= 15 is 0 Å². The van der Waals surface area contributed by atoms with Gasteiger partial charge < -0.3 is 18.9 Å². The van der Waals surface area contributed by atoms with Crippen molar-refractivity contribution in [1.29, 1.82) is 0 Å². The Kier molecular flexibility index (Phi) is 3.41. The van der Waals surface area contributed by atoms with Gasteiger partial charge in [-0.05, 0) is 41.5 Å². The van der Waals surface area contributed by atoms with E-state index in [4.69, 9.17) is 14.0 Å². The quantitative estimate of drug-likeness (QED) is 0.706. The van der Waals surface area contributed by atoms with E-state index in [2.05, 4.69) is 46.4 Å². The van der Waals surface area contributed by atoms with Crippen LogP contribution >= 0.6 is 0 Å². The van der Waals surface area contributed by atoms with E-state index in [1.807, 2.05) is 0 Å². The molecule has 1 saturated heterocycles. The van der Waals surface area contributed by atoms with Crippen LogP contribution in [0.1, 0.15) is 41.5 Å². The second-order valence-corrected chi connectivity index (χ2v) is 6.29. The lowest BCUT2D eigenvalue weighted by atomic mass is 9.83. The summed E-state index contributed by atoms with van der Waals surface area (Å²) < 4.78 is 17.6. The summed E-state index contributed by atoms with van der Waals surface area (Å²) in [6, 6.07) is 0.416. The van der Waals surface area contributed by atoms with Gasteiger partial charge in [0.05, 0.1) is 29.6 Å². The lowest BCUT2D eigenvalue weighted by molar-refractivity contribution is 0.00578. The standard InChI is InChI=1S/C13H24BNO3/c1-10(2)15-7-8-16-9-11(15)14-17-12(3,4)13(5,6)18-14/h9-10H,7-8H2,1-6H3. The molecule has 0 aromatic rings. The molecule has 0 N–H and O–H groups in total. The van der Waals surface area contributed by atoms with Gasteiger partial charge in [-0.3, -0.25) is 0 Å². The second-order valence-electron chi connectivity index (χ2n) is 6.29. The number of ether oxygens (including phenoxy) is 1. The first kappa shape index (κ1) is 13.7. The van der Waals surface area contributed by atoms with E-state index in [9.17, 15) is 0 Å².